The Kier molecular flexibility index (Phi) is 56.7. The highest BCUT2D eigenvalue weighted by Gasteiger charge is 2.64. The second kappa shape index (κ2) is 64.8. The molecule has 7 aliphatic rings. The SMILES string of the molecule is CCCCCCCCCCCCC/C=C/[C@@H](O)[C@H](CO[C@@H]1OC(CO)[C@@H](O[C@@H]2OC(CO)[C@H](O[C@@H]3OC(CO)[C@H](O)[C@H](O[C@@H]4OC(CO)[C@H](O)[C@H](O[C@@H]5OC(CO[C@]6(C(=O)O)CC(O)[C@@H](NC(C)=O)C([C@H](O)[C@H](O)CO)O6)[C@H](O)[C@H](O[C@]6(C(=O)O)CC(O)[C@@H](NC(C)=O)C([C@H](O)[C@H](O)CO)O6)C5O)C4NC(C)=O)C3O)[C@H](O)C2O)[C@H](O)C1O)NC(=O)CCCCCCCCCCCCCCCCCCCCCCC. The molecule has 838 valence electrons. The van der Waals surface area contributed by atoms with Crippen LogP contribution >= 0.6 is 0 Å². The van der Waals surface area contributed by atoms with Gasteiger partial charge in [-0.15, -0.1) is 0 Å². The number of rotatable bonds is 68. The summed E-state index contributed by atoms with van der Waals surface area (Å²) in [5.41, 5.74) is 0. The van der Waals surface area contributed by atoms with Crippen LogP contribution in [-0.2, 0) is 95.1 Å². The number of carbonyl (C=O) groups is 6. The molecule has 0 aromatic heterocycles. The second-order valence-electron chi connectivity index (χ2n) is 39.2. The van der Waals surface area contributed by atoms with Gasteiger partial charge < -0.3 is 210 Å². The third kappa shape index (κ3) is 37.3. The Morgan fingerprint density at radius 3 is 1.14 bits per heavy atom. The number of carbonyl (C=O) groups excluding carboxylic acids is 4. The molecule has 28 N–H and O–H groups in total. The fourth-order valence-electron chi connectivity index (χ4n) is 19.3. The highest BCUT2D eigenvalue weighted by molar-refractivity contribution is 5.78. The van der Waals surface area contributed by atoms with Crippen LogP contribution in [0.25, 0.3) is 0 Å². The van der Waals surface area contributed by atoms with E-state index in [1.165, 1.54) is 141 Å². The predicted molar refractivity (Wildman–Crippen MR) is 500 cm³/mol. The maximum atomic E-state index is 13.7. The van der Waals surface area contributed by atoms with Crippen molar-refractivity contribution in [2.75, 3.05) is 52.9 Å². The molecule has 0 aliphatic carbocycles. The number of hydrogen-bond donors (Lipinski definition) is 28. The Morgan fingerprint density at radius 1 is 0.375 bits per heavy atom. The van der Waals surface area contributed by atoms with Gasteiger partial charge >= 0.3 is 11.9 Å². The molecule has 0 spiro atoms. The van der Waals surface area contributed by atoms with Gasteiger partial charge in [-0.25, -0.2) is 9.59 Å². The minimum atomic E-state index is -3.51. The lowest BCUT2D eigenvalue weighted by atomic mass is 9.88. The number of nitrogens with one attached hydrogen (secondary N) is 4. The smallest absolute Gasteiger partial charge is 0.364 e. The quantitative estimate of drug-likeness (QED) is 0.0206. The molecule has 48 heteroatoms. The summed E-state index contributed by atoms with van der Waals surface area (Å²) < 4.78 is 83.1. The highest BCUT2D eigenvalue weighted by atomic mass is 16.8. The van der Waals surface area contributed by atoms with Crippen molar-refractivity contribution >= 4 is 35.6 Å². The molecule has 7 heterocycles. The van der Waals surface area contributed by atoms with Crippen molar-refractivity contribution in [2.24, 2.45) is 0 Å². The lowest BCUT2D eigenvalue weighted by molar-refractivity contribution is -0.395. The summed E-state index contributed by atoms with van der Waals surface area (Å²) in [4.78, 5) is 79.2. The Bertz CT molecular complexity index is 3650. The van der Waals surface area contributed by atoms with Gasteiger partial charge in [0.2, 0.25) is 23.6 Å². The molecule has 7 rings (SSSR count). The third-order valence-electron chi connectivity index (χ3n) is 27.7. The summed E-state index contributed by atoms with van der Waals surface area (Å²) in [5.74, 6) is -14.5. The molecule has 144 heavy (non-hydrogen) atoms. The van der Waals surface area contributed by atoms with E-state index in [0.29, 0.717) is 12.8 Å². The van der Waals surface area contributed by atoms with Crippen LogP contribution in [0.1, 0.15) is 266 Å². The summed E-state index contributed by atoms with van der Waals surface area (Å²) in [6.07, 6.45) is -33.6. The molecule has 0 saturated carbocycles. The van der Waals surface area contributed by atoms with Gasteiger partial charge in [0.05, 0.1) is 89.3 Å². The first-order valence-electron chi connectivity index (χ1n) is 51.7. The number of aliphatic hydroxyl groups is 22. The van der Waals surface area contributed by atoms with Crippen molar-refractivity contribution in [1.82, 2.24) is 21.3 Å². The van der Waals surface area contributed by atoms with E-state index in [2.05, 4.69) is 35.1 Å². The zero-order chi connectivity index (χ0) is 106. The van der Waals surface area contributed by atoms with Gasteiger partial charge in [-0.2, -0.15) is 0 Å². The molecule has 0 aromatic carbocycles. The van der Waals surface area contributed by atoms with Crippen LogP contribution in [0.4, 0.5) is 0 Å². The first-order chi connectivity index (χ1) is 68.8. The summed E-state index contributed by atoms with van der Waals surface area (Å²) in [6.45, 7) is -1.89. The maximum Gasteiger partial charge on any atom is 0.364 e. The summed E-state index contributed by atoms with van der Waals surface area (Å²) in [7, 11) is 0. The minimum absolute atomic E-state index is 0.140. The zero-order valence-corrected chi connectivity index (χ0v) is 83.5. The minimum Gasteiger partial charge on any atom is -0.477 e. The van der Waals surface area contributed by atoms with E-state index in [0.717, 1.165) is 78.6 Å². The molecule has 7 saturated heterocycles. The normalized spacial score (nSPS) is 35.6. The molecule has 48 nitrogen and oxygen atoms in total. The average molecular weight is 2080 g/mol. The Labute approximate surface area is 839 Å². The molecular formula is C96H170N4O44. The molecular weight excluding hydrogens is 1910 g/mol. The second-order valence-corrected chi connectivity index (χ2v) is 39.2. The van der Waals surface area contributed by atoms with E-state index in [-0.39, 0.29) is 12.3 Å². The monoisotopic (exact) mass is 2080 g/mol. The summed E-state index contributed by atoms with van der Waals surface area (Å²) >= 11 is 0. The van der Waals surface area contributed by atoms with E-state index in [9.17, 15) is 151 Å². The summed E-state index contributed by atoms with van der Waals surface area (Å²) in [6, 6.07) is -6.92. The molecule has 14 unspecified atom stereocenters. The predicted octanol–water partition coefficient (Wildman–Crippen LogP) is -3.70. The molecule has 0 aromatic rings. The van der Waals surface area contributed by atoms with Gasteiger partial charge in [0.15, 0.2) is 31.5 Å². The van der Waals surface area contributed by atoms with Crippen molar-refractivity contribution in [3.63, 3.8) is 0 Å². The topological polar surface area (TPSA) is 765 Å². The van der Waals surface area contributed by atoms with Crippen LogP contribution in [0.15, 0.2) is 12.2 Å². The van der Waals surface area contributed by atoms with Crippen molar-refractivity contribution in [3.05, 3.63) is 12.2 Å². The van der Waals surface area contributed by atoms with Gasteiger partial charge in [-0.1, -0.05) is 219 Å². The molecule has 7 aliphatic heterocycles. The van der Waals surface area contributed by atoms with Crippen LogP contribution in [0, 0.1) is 0 Å². The Hall–Kier alpha value is -4.88. The average Bonchev–Trinajstić information content (AvgIpc) is 0.730. The van der Waals surface area contributed by atoms with E-state index in [4.69, 9.17) is 66.3 Å². The van der Waals surface area contributed by atoms with E-state index in [1.54, 1.807) is 6.08 Å². The van der Waals surface area contributed by atoms with Crippen molar-refractivity contribution in [3.8, 4) is 0 Å². The number of aliphatic hydroxyl groups excluding tert-OH is 22. The number of aliphatic carboxylic acids is 2. The fraction of sp³-hybridized carbons (Fsp3) is 0.917. The van der Waals surface area contributed by atoms with Crippen LogP contribution in [-0.4, -0.2) is 449 Å². The number of hydrogen-bond acceptors (Lipinski definition) is 42. The zero-order valence-electron chi connectivity index (χ0n) is 83.5. The van der Waals surface area contributed by atoms with Gasteiger partial charge in [-0.05, 0) is 19.3 Å². The Balaban J connectivity index is 1.05. The fourth-order valence-corrected chi connectivity index (χ4v) is 19.3. The lowest BCUT2D eigenvalue weighted by Crippen LogP contribution is -2.72. The number of ether oxygens (including phenoxy) is 14. The highest BCUT2D eigenvalue weighted by Crippen LogP contribution is 2.43. The van der Waals surface area contributed by atoms with Crippen molar-refractivity contribution < 1.29 is 218 Å². The van der Waals surface area contributed by atoms with Crippen molar-refractivity contribution in [1.29, 1.82) is 0 Å². The first-order valence-corrected chi connectivity index (χ1v) is 51.7. The molecule has 0 radical (unpaired) electrons. The Morgan fingerprint density at radius 2 is 0.715 bits per heavy atom. The molecule has 7 fully saturated rings. The number of amides is 4. The maximum absolute atomic E-state index is 13.7. The summed E-state index contributed by atoms with van der Waals surface area (Å²) in [5, 5.41) is 281. The van der Waals surface area contributed by atoms with Crippen LogP contribution in [0.3, 0.4) is 0 Å². The van der Waals surface area contributed by atoms with Crippen molar-refractivity contribution in [2.45, 2.75) is 504 Å². The standard InChI is InChI=1S/C96H170N4O44/c1-6-8-10-12-14-16-18-20-21-22-23-24-25-26-27-29-31-33-35-37-39-41-66(115)100-55(56(110)40-38-36-34-32-30-28-19-17-15-13-11-9-7-2)50-131-89-77(123)75(121)81(63(48-105)135-89)138-90-78(124)76(122)82(64(49-106)136-90)139-91-79(125)86(73(119)62(47-104)134-91)141-88-69(99-54(5)109)83(72(118)61(46-103)133-88)140-92-80(126)87(144-96(94(129)130)43-58(112)68(98-53(4)108)85(143-96)71(117)60(114)45-102)74(120)65(137-92)51-132-95(93(127)128)42-57(111)67(97-52(3)107)84(142-95)70(116)59(113)44-101/h38,40,55-65,67-92,101-106,110-114,116-126H,6-37,39,41-51H2,1-5H3,(H,97,107)(H,98,108)(H,99,109)(H,100,115)(H,127,128)(H,129,130)/b40-38+/t55-,56+,57?,58?,59+,60+,61?,62?,63?,64?,65?,67+,68+,69?,70+,71+,72-,73-,74-,75+,76+,77?,78?,79?,80?,81+,82-,83+,84?,85?,86-,87-,88-,89+,90-,91-,92-,95+,96-/m0/s1. The third-order valence-corrected chi connectivity index (χ3v) is 27.7. The van der Waals surface area contributed by atoms with Gasteiger partial charge in [0.25, 0.3) is 11.6 Å². The molecule has 4 amide bonds. The largest absolute Gasteiger partial charge is 0.477 e. The molecule has 0 bridgehead atoms. The van der Waals surface area contributed by atoms with Gasteiger partial charge in [0, 0.05) is 40.0 Å². The van der Waals surface area contributed by atoms with E-state index in [1.807, 2.05) is 6.08 Å². The van der Waals surface area contributed by atoms with Gasteiger partial charge in [-0.3, -0.25) is 19.2 Å². The van der Waals surface area contributed by atoms with E-state index < -0.39 is 333 Å². The molecule has 39 atom stereocenters. The van der Waals surface area contributed by atoms with Crippen LogP contribution in [0.5, 0.6) is 0 Å². The van der Waals surface area contributed by atoms with E-state index >= 15 is 0 Å². The van der Waals surface area contributed by atoms with Gasteiger partial charge in [0.1, 0.15) is 159 Å². The number of carboxylic acids is 2. The lowest BCUT2D eigenvalue weighted by Gasteiger charge is -2.52. The number of unbranched alkanes of at least 4 members (excludes halogenated alkanes) is 31. The van der Waals surface area contributed by atoms with Crippen LogP contribution < -0.4 is 21.3 Å². The number of allylic oxidation sites excluding steroid dienone is 1. The van der Waals surface area contributed by atoms with Crippen LogP contribution in [0.2, 0.25) is 0 Å². The number of carboxylic acid groups (broad SMARTS) is 2. The first kappa shape index (κ1) is 126.